The fraction of sp³-hybridized carbons (Fsp3) is 0.350. The minimum atomic E-state index is -0.180. The van der Waals surface area contributed by atoms with Gasteiger partial charge < -0.3 is 10.6 Å². The van der Waals surface area contributed by atoms with Crippen LogP contribution in [0.5, 0.6) is 0 Å². The average Bonchev–Trinajstić information content (AvgIpc) is 2.91. The Hall–Kier alpha value is -2.29. The maximum atomic E-state index is 13.0. The van der Waals surface area contributed by atoms with Crippen LogP contribution in [0.4, 0.5) is 11.4 Å². The molecule has 2 aromatic rings. The second-order valence-electron chi connectivity index (χ2n) is 6.70. The first-order chi connectivity index (χ1) is 11.3. The maximum absolute atomic E-state index is 13.0. The lowest BCUT2D eigenvalue weighted by Gasteiger charge is -2.38. The van der Waals surface area contributed by atoms with Crippen molar-refractivity contribution in [3.8, 4) is 0 Å². The normalized spacial score (nSPS) is 21.5. The molecule has 4 rings (SSSR count). The van der Waals surface area contributed by atoms with Crippen LogP contribution >= 0.6 is 0 Å². The number of rotatable bonds is 2. The molecule has 3 nitrogen and oxygen atoms in total. The van der Waals surface area contributed by atoms with Gasteiger partial charge in [-0.1, -0.05) is 55.7 Å². The van der Waals surface area contributed by atoms with Gasteiger partial charge in [-0.3, -0.25) is 4.79 Å². The monoisotopic (exact) mass is 306 g/mol. The summed E-state index contributed by atoms with van der Waals surface area (Å²) in [7, 11) is 0. The third-order valence-electron chi connectivity index (χ3n) is 5.37. The SMILES string of the molecule is O=C(Nc1ccccc1)C1Nc2ccccc2C12CCCCC2. The van der Waals surface area contributed by atoms with Gasteiger partial charge in [0.1, 0.15) is 6.04 Å². The molecule has 1 aliphatic carbocycles. The van der Waals surface area contributed by atoms with Gasteiger partial charge in [0.15, 0.2) is 0 Å². The molecular weight excluding hydrogens is 284 g/mol. The lowest BCUT2D eigenvalue weighted by atomic mass is 9.66. The van der Waals surface area contributed by atoms with E-state index in [-0.39, 0.29) is 17.4 Å². The third-order valence-corrected chi connectivity index (χ3v) is 5.37. The summed E-state index contributed by atoms with van der Waals surface area (Å²) in [5.74, 6) is 0.0781. The number of carbonyl (C=O) groups is 1. The molecule has 2 aromatic carbocycles. The molecule has 2 aliphatic rings. The van der Waals surface area contributed by atoms with Crippen molar-refractivity contribution in [1.82, 2.24) is 0 Å². The molecule has 1 saturated carbocycles. The summed E-state index contributed by atoms with van der Waals surface area (Å²) in [5.41, 5.74) is 3.27. The van der Waals surface area contributed by atoms with Crippen molar-refractivity contribution in [3.05, 3.63) is 60.2 Å². The minimum absolute atomic E-state index is 0.0479. The molecule has 3 heteroatoms. The first-order valence-corrected chi connectivity index (χ1v) is 8.52. The fourth-order valence-corrected chi connectivity index (χ4v) is 4.29. The van der Waals surface area contributed by atoms with Crippen molar-refractivity contribution in [2.45, 2.75) is 43.6 Å². The van der Waals surface area contributed by atoms with E-state index in [4.69, 9.17) is 0 Å². The average molecular weight is 306 g/mol. The Kier molecular flexibility index (Phi) is 3.56. The number of anilines is 2. The predicted octanol–water partition coefficient (Wildman–Crippen LogP) is 4.32. The third kappa shape index (κ3) is 2.40. The molecule has 23 heavy (non-hydrogen) atoms. The van der Waals surface area contributed by atoms with Crippen molar-refractivity contribution in [1.29, 1.82) is 0 Å². The summed E-state index contributed by atoms with van der Waals surface area (Å²) >= 11 is 0. The van der Waals surface area contributed by atoms with E-state index < -0.39 is 0 Å². The molecule has 1 spiro atoms. The van der Waals surface area contributed by atoms with Crippen LogP contribution in [0.15, 0.2) is 54.6 Å². The second kappa shape index (κ2) is 5.73. The highest BCUT2D eigenvalue weighted by atomic mass is 16.2. The van der Waals surface area contributed by atoms with Gasteiger partial charge in [-0.05, 0) is 36.6 Å². The number of nitrogens with one attached hydrogen (secondary N) is 2. The molecule has 0 radical (unpaired) electrons. The summed E-state index contributed by atoms with van der Waals surface area (Å²) in [4.78, 5) is 13.0. The van der Waals surface area contributed by atoms with E-state index in [2.05, 4.69) is 28.8 Å². The lowest BCUT2D eigenvalue weighted by Crippen LogP contribution is -2.48. The number of benzene rings is 2. The van der Waals surface area contributed by atoms with Crippen LogP contribution in [0.1, 0.15) is 37.7 Å². The molecule has 0 saturated heterocycles. The molecule has 2 N–H and O–H groups in total. The number of para-hydroxylation sites is 2. The Labute approximate surface area is 137 Å². The van der Waals surface area contributed by atoms with E-state index in [0.717, 1.165) is 24.2 Å². The van der Waals surface area contributed by atoms with Gasteiger partial charge in [-0.2, -0.15) is 0 Å². The van der Waals surface area contributed by atoms with Crippen LogP contribution < -0.4 is 10.6 Å². The second-order valence-corrected chi connectivity index (χ2v) is 6.70. The maximum Gasteiger partial charge on any atom is 0.247 e. The minimum Gasteiger partial charge on any atom is -0.373 e. The Morgan fingerprint density at radius 3 is 2.43 bits per heavy atom. The first kappa shape index (κ1) is 14.3. The smallest absolute Gasteiger partial charge is 0.247 e. The molecule has 1 aliphatic heterocycles. The van der Waals surface area contributed by atoms with Gasteiger partial charge in [0, 0.05) is 16.8 Å². The Morgan fingerprint density at radius 2 is 1.65 bits per heavy atom. The summed E-state index contributed by atoms with van der Waals surface area (Å²) in [5, 5.41) is 6.59. The van der Waals surface area contributed by atoms with Crippen LogP contribution in [0.25, 0.3) is 0 Å². The van der Waals surface area contributed by atoms with Gasteiger partial charge in [0.2, 0.25) is 5.91 Å². The largest absolute Gasteiger partial charge is 0.373 e. The van der Waals surface area contributed by atoms with Crippen LogP contribution in [0, 0.1) is 0 Å². The van der Waals surface area contributed by atoms with Gasteiger partial charge in [0.05, 0.1) is 0 Å². The molecule has 1 heterocycles. The van der Waals surface area contributed by atoms with Gasteiger partial charge in [-0.15, -0.1) is 0 Å². The van der Waals surface area contributed by atoms with E-state index in [9.17, 15) is 4.79 Å². The van der Waals surface area contributed by atoms with Crippen LogP contribution in [-0.2, 0) is 10.2 Å². The molecule has 1 fully saturated rings. The fourth-order valence-electron chi connectivity index (χ4n) is 4.29. The molecule has 0 aromatic heterocycles. The predicted molar refractivity (Wildman–Crippen MR) is 93.7 cm³/mol. The molecular formula is C20H22N2O. The zero-order valence-electron chi connectivity index (χ0n) is 13.2. The number of hydrogen-bond acceptors (Lipinski definition) is 2. The van der Waals surface area contributed by atoms with E-state index >= 15 is 0 Å². The van der Waals surface area contributed by atoms with E-state index in [1.54, 1.807) is 0 Å². The highest BCUT2D eigenvalue weighted by Crippen LogP contribution is 2.50. The van der Waals surface area contributed by atoms with Crippen molar-refractivity contribution in [2.75, 3.05) is 10.6 Å². The van der Waals surface area contributed by atoms with Gasteiger partial charge in [-0.25, -0.2) is 0 Å². The Bertz CT molecular complexity index is 705. The summed E-state index contributed by atoms with van der Waals surface area (Å²) in [6.07, 6.45) is 5.85. The molecule has 1 amide bonds. The quantitative estimate of drug-likeness (QED) is 0.867. The summed E-state index contributed by atoms with van der Waals surface area (Å²) < 4.78 is 0. The number of fused-ring (bicyclic) bond motifs is 2. The molecule has 1 atom stereocenters. The van der Waals surface area contributed by atoms with Gasteiger partial charge in [0.25, 0.3) is 0 Å². The van der Waals surface area contributed by atoms with Crippen LogP contribution in [0.3, 0.4) is 0 Å². The zero-order chi connectivity index (χ0) is 15.7. The topological polar surface area (TPSA) is 41.1 Å². The van der Waals surface area contributed by atoms with Crippen molar-refractivity contribution >= 4 is 17.3 Å². The summed E-state index contributed by atoms with van der Waals surface area (Å²) in [6, 6.07) is 18.0. The van der Waals surface area contributed by atoms with Crippen molar-refractivity contribution in [2.24, 2.45) is 0 Å². The van der Waals surface area contributed by atoms with E-state index in [0.29, 0.717) is 0 Å². The Balaban J connectivity index is 1.66. The lowest BCUT2D eigenvalue weighted by molar-refractivity contribution is -0.118. The van der Waals surface area contributed by atoms with Crippen molar-refractivity contribution in [3.63, 3.8) is 0 Å². The highest BCUT2D eigenvalue weighted by molar-refractivity contribution is 5.99. The summed E-state index contributed by atoms with van der Waals surface area (Å²) in [6.45, 7) is 0. The number of hydrogen-bond donors (Lipinski definition) is 2. The first-order valence-electron chi connectivity index (χ1n) is 8.52. The molecule has 1 unspecified atom stereocenters. The van der Waals surface area contributed by atoms with Crippen LogP contribution in [0.2, 0.25) is 0 Å². The van der Waals surface area contributed by atoms with E-state index in [1.807, 2.05) is 36.4 Å². The molecule has 0 bridgehead atoms. The van der Waals surface area contributed by atoms with Crippen LogP contribution in [-0.4, -0.2) is 11.9 Å². The highest BCUT2D eigenvalue weighted by Gasteiger charge is 2.50. The number of amides is 1. The van der Waals surface area contributed by atoms with E-state index in [1.165, 1.54) is 24.8 Å². The van der Waals surface area contributed by atoms with Gasteiger partial charge >= 0.3 is 0 Å². The zero-order valence-corrected chi connectivity index (χ0v) is 13.2. The Morgan fingerprint density at radius 1 is 0.957 bits per heavy atom. The number of carbonyl (C=O) groups excluding carboxylic acids is 1. The standard InChI is InChI=1S/C20H22N2O/c23-19(21-15-9-3-1-4-10-15)18-20(13-7-2-8-14-20)16-11-5-6-12-17(16)22-18/h1,3-6,9-12,18,22H,2,7-8,13-14H2,(H,21,23). The van der Waals surface area contributed by atoms with Crippen molar-refractivity contribution < 1.29 is 4.79 Å². The molecule has 118 valence electrons.